The zero-order chi connectivity index (χ0) is 17.0. The van der Waals surface area contributed by atoms with Crippen LogP contribution in [0.1, 0.15) is 28.4 Å². The van der Waals surface area contributed by atoms with Crippen molar-refractivity contribution in [3.63, 3.8) is 0 Å². The van der Waals surface area contributed by atoms with Crippen LogP contribution in [0.4, 0.5) is 5.69 Å². The fourth-order valence-electron chi connectivity index (χ4n) is 2.05. The predicted molar refractivity (Wildman–Crippen MR) is 89.1 cm³/mol. The molecule has 0 bridgehead atoms. The van der Waals surface area contributed by atoms with Crippen LogP contribution in [0, 0.1) is 13.8 Å². The number of carbonyl (C=O) groups excluding carboxylic acids is 1. The summed E-state index contributed by atoms with van der Waals surface area (Å²) in [4.78, 5) is 12.1. The molecule has 0 amide bonds. The summed E-state index contributed by atoms with van der Waals surface area (Å²) in [6.07, 6.45) is 0. The van der Waals surface area contributed by atoms with E-state index in [0.717, 1.165) is 11.1 Å². The maximum absolute atomic E-state index is 12.4. The molecule has 5 nitrogen and oxygen atoms in total. The number of anilines is 1. The lowest BCUT2D eigenvalue weighted by Crippen LogP contribution is -2.14. The van der Waals surface area contributed by atoms with Crippen molar-refractivity contribution in [3.8, 4) is 0 Å². The number of sulfonamides is 1. The Morgan fingerprint density at radius 2 is 1.74 bits per heavy atom. The molecule has 0 radical (unpaired) electrons. The first-order valence-electron chi connectivity index (χ1n) is 7.21. The van der Waals surface area contributed by atoms with E-state index in [2.05, 4.69) is 4.72 Å². The maximum atomic E-state index is 12.4. The molecule has 1 N–H and O–H groups in total. The highest BCUT2D eigenvalue weighted by molar-refractivity contribution is 7.92. The molecule has 2 aromatic rings. The molecule has 0 saturated carbocycles. The topological polar surface area (TPSA) is 72.5 Å². The minimum absolute atomic E-state index is 0.168. The van der Waals surface area contributed by atoms with Gasteiger partial charge in [0.15, 0.2) is 0 Å². The van der Waals surface area contributed by atoms with E-state index in [4.69, 9.17) is 4.74 Å². The summed E-state index contributed by atoms with van der Waals surface area (Å²) in [6, 6.07) is 11.3. The second-order valence-corrected chi connectivity index (χ2v) is 6.85. The second kappa shape index (κ2) is 6.83. The predicted octanol–water partition coefficient (Wildman–Crippen LogP) is 3.28. The Kier molecular flexibility index (Phi) is 5.05. The lowest BCUT2D eigenvalue weighted by atomic mass is 10.1. The molecular weight excluding hydrogens is 314 g/mol. The van der Waals surface area contributed by atoms with Crippen LogP contribution in [0.3, 0.4) is 0 Å². The van der Waals surface area contributed by atoms with E-state index in [1.165, 1.54) is 18.2 Å². The van der Waals surface area contributed by atoms with Crippen LogP contribution in [0.15, 0.2) is 47.4 Å². The van der Waals surface area contributed by atoms with Gasteiger partial charge in [-0.05, 0) is 50.6 Å². The van der Waals surface area contributed by atoms with E-state index in [0.29, 0.717) is 11.3 Å². The smallest absolute Gasteiger partial charge is 0.338 e. The summed E-state index contributed by atoms with van der Waals surface area (Å²) in [5, 5.41) is 0. The standard InChI is InChI=1S/C17H19NO4S/c1-4-22-17(19)16-11-14(8-7-13(16)3)18-23(20,21)15-9-5-12(2)6-10-15/h5-11,18H,4H2,1-3H3. The Balaban J connectivity index is 2.31. The molecule has 0 aliphatic heterocycles. The maximum Gasteiger partial charge on any atom is 0.338 e. The highest BCUT2D eigenvalue weighted by Crippen LogP contribution is 2.20. The number of rotatable bonds is 5. The molecule has 0 spiro atoms. The van der Waals surface area contributed by atoms with Gasteiger partial charge < -0.3 is 4.74 Å². The van der Waals surface area contributed by atoms with Crippen molar-refractivity contribution in [2.75, 3.05) is 11.3 Å². The largest absolute Gasteiger partial charge is 0.462 e. The number of carbonyl (C=O) groups is 1. The highest BCUT2D eigenvalue weighted by Gasteiger charge is 2.16. The summed E-state index contributed by atoms with van der Waals surface area (Å²) < 4.78 is 32.2. The molecule has 23 heavy (non-hydrogen) atoms. The molecule has 0 aliphatic carbocycles. The van der Waals surface area contributed by atoms with Crippen LogP contribution in [-0.4, -0.2) is 21.0 Å². The summed E-state index contributed by atoms with van der Waals surface area (Å²) in [7, 11) is -3.70. The third kappa shape index (κ3) is 4.10. The summed E-state index contributed by atoms with van der Waals surface area (Å²) in [5.41, 5.74) is 2.36. The number of hydrogen-bond acceptors (Lipinski definition) is 4. The zero-order valence-corrected chi connectivity index (χ0v) is 14.1. The molecule has 0 atom stereocenters. The lowest BCUT2D eigenvalue weighted by Gasteiger charge is -2.11. The minimum Gasteiger partial charge on any atom is -0.462 e. The van der Waals surface area contributed by atoms with Gasteiger partial charge in [-0.25, -0.2) is 13.2 Å². The van der Waals surface area contributed by atoms with Gasteiger partial charge in [0.05, 0.1) is 17.1 Å². The molecule has 122 valence electrons. The molecule has 0 heterocycles. The number of nitrogens with one attached hydrogen (secondary N) is 1. The first-order chi connectivity index (χ1) is 10.8. The van der Waals surface area contributed by atoms with Crippen molar-refractivity contribution in [2.45, 2.75) is 25.7 Å². The Hall–Kier alpha value is -2.34. The molecule has 6 heteroatoms. The Morgan fingerprint density at radius 3 is 2.35 bits per heavy atom. The van der Waals surface area contributed by atoms with Crippen molar-refractivity contribution in [1.82, 2.24) is 0 Å². The van der Waals surface area contributed by atoms with Crippen LogP contribution in [-0.2, 0) is 14.8 Å². The first kappa shape index (κ1) is 17.0. The van der Waals surface area contributed by atoms with Crippen molar-refractivity contribution < 1.29 is 17.9 Å². The fourth-order valence-corrected chi connectivity index (χ4v) is 3.10. The van der Waals surface area contributed by atoms with Crippen LogP contribution in [0.25, 0.3) is 0 Å². The Bertz CT molecular complexity index is 811. The van der Waals surface area contributed by atoms with E-state index < -0.39 is 16.0 Å². The van der Waals surface area contributed by atoms with Crippen molar-refractivity contribution in [1.29, 1.82) is 0 Å². The Labute approximate surface area is 136 Å². The number of aryl methyl sites for hydroxylation is 2. The quantitative estimate of drug-likeness (QED) is 0.852. The monoisotopic (exact) mass is 333 g/mol. The number of esters is 1. The highest BCUT2D eigenvalue weighted by atomic mass is 32.2. The summed E-state index contributed by atoms with van der Waals surface area (Å²) >= 11 is 0. The van der Waals surface area contributed by atoms with Gasteiger partial charge in [-0.15, -0.1) is 0 Å². The van der Waals surface area contributed by atoms with Gasteiger partial charge >= 0.3 is 5.97 Å². The molecule has 0 fully saturated rings. The average Bonchev–Trinajstić information content (AvgIpc) is 2.49. The van der Waals surface area contributed by atoms with Crippen LogP contribution in [0.5, 0.6) is 0 Å². The summed E-state index contributed by atoms with van der Waals surface area (Å²) in [6.45, 7) is 5.63. The first-order valence-corrected chi connectivity index (χ1v) is 8.69. The van der Waals surface area contributed by atoms with E-state index in [9.17, 15) is 13.2 Å². The zero-order valence-electron chi connectivity index (χ0n) is 13.3. The second-order valence-electron chi connectivity index (χ2n) is 5.17. The molecule has 2 rings (SSSR count). The minimum atomic E-state index is -3.70. The molecular formula is C17H19NO4S. The number of benzene rings is 2. The van der Waals surface area contributed by atoms with E-state index in [1.54, 1.807) is 38.1 Å². The SMILES string of the molecule is CCOC(=O)c1cc(NS(=O)(=O)c2ccc(C)cc2)ccc1C. The van der Waals surface area contributed by atoms with Crippen LogP contribution < -0.4 is 4.72 Å². The van der Waals surface area contributed by atoms with Crippen molar-refractivity contribution in [2.24, 2.45) is 0 Å². The number of hydrogen-bond donors (Lipinski definition) is 1. The van der Waals surface area contributed by atoms with Gasteiger partial charge in [0.1, 0.15) is 0 Å². The van der Waals surface area contributed by atoms with E-state index in [-0.39, 0.29) is 11.5 Å². The summed E-state index contributed by atoms with van der Waals surface area (Å²) in [5.74, 6) is -0.471. The van der Waals surface area contributed by atoms with Gasteiger partial charge in [0.25, 0.3) is 10.0 Å². The number of ether oxygens (including phenoxy) is 1. The third-order valence-corrected chi connectivity index (χ3v) is 4.71. The van der Waals surface area contributed by atoms with E-state index in [1.807, 2.05) is 6.92 Å². The van der Waals surface area contributed by atoms with Crippen molar-refractivity contribution >= 4 is 21.7 Å². The van der Waals surface area contributed by atoms with Gasteiger partial charge in [-0.2, -0.15) is 0 Å². The molecule has 2 aromatic carbocycles. The third-order valence-electron chi connectivity index (χ3n) is 3.32. The normalized spacial score (nSPS) is 11.1. The molecule has 0 saturated heterocycles. The van der Waals surface area contributed by atoms with Crippen LogP contribution in [0.2, 0.25) is 0 Å². The molecule has 0 unspecified atom stereocenters. The van der Waals surface area contributed by atoms with Gasteiger partial charge in [0, 0.05) is 5.69 Å². The van der Waals surface area contributed by atoms with Gasteiger partial charge in [-0.3, -0.25) is 4.72 Å². The molecule has 0 aliphatic rings. The van der Waals surface area contributed by atoms with Gasteiger partial charge in [0.2, 0.25) is 0 Å². The van der Waals surface area contributed by atoms with Crippen molar-refractivity contribution in [3.05, 3.63) is 59.2 Å². The average molecular weight is 333 g/mol. The van der Waals surface area contributed by atoms with E-state index >= 15 is 0 Å². The Morgan fingerprint density at radius 1 is 1.09 bits per heavy atom. The van der Waals surface area contributed by atoms with Gasteiger partial charge in [-0.1, -0.05) is 23.8 Å². The fraction of sp³-hybridized carbons (Fsp3) is 0.235. The lowest BCUT2D eigenvalue weighted by molar-refractivity contribution is 0.0525. The molecule has 0 aromatic heterocycles. The van der Waals surface area contributed by atoms with Crippen LogP contribution >= 0.6 is 0 Å².